The molecule has 1 N–H and O–H groups in total. The fourth-order valence-electron chi connectivity index (χ4n) is 3.20. The molecule has 2 aromatic carbocycles. The number of carbonyl (C=O) groups is 1. The first-order chi connectivity index (χ1) is 12.7. The molecule has 1 aliphatic rings. The number of halogens is 1. The molecule has 6 heteroatoms. The number of aromatic nitrogens is 1. The van der Waals surface area contributed by atoms with Gasteiger partial charge in [-0.2, -0.15) is 0 Å². The van der Waals surface area contributed by atoms with Crippen LogP contribution in [0.15, 0.2) is 60.8 Å². The number of anilines is 2. The van der Waals surface area contributed by atoms with Gasteiger partial charge in [-0.25, -0.2) is 9.78 Å². The van der Waals surface area contributed by atoms with Crippen molar-refractivity contribution in [1.82, 2.24) is 9.88 Å². The van der Waals surface area contributed by atoms with Gasteiger partial charge in [0.1, 0.15) is 5.82 Å². The number of nitrogens with one attached hydrogen (secondary N) is 1. The number of piperazine rings is 1. The molecule has 0 bridgehead atoms. The van der Waals surface area contributed by atoms with Crippen LogP contribution in [0.5, 0.6) is 0 Å². The van der Waals surface area contributed by atoms with Crippen LogP contribution in [0, 0.1) is 0 Å². The van der Waals surface area contributed by atoms with Gasteiger partial charge in [0, 0.05) is 38.1 Å². The molecule has 0 aliphatic carbocycles. The molecule has 0 unspecified atom stereocenters. The van der Waals surface area contributed by atoms with Gasteiger partial charge in [0.2, 0.25) is 0 Å². The Bertz CT molecular complexity index is 938. The van der Waals surface area contributed by atoms with Crippen molar-refractivity contribution in [3.63, 3.8) is 0 Å². The Labute approximate surface area is 157 Å². The van der Waals surface area contributed by atoms with E-state index in [1.807, 2.05) is 53.4 Å². The quantitative estimate of drug-likeness (QED) is 0.737. The van der Waals surface area contributed by atoms with Gasteiger partial charge in [0.15, 0.2) is 0 Å². The Morgan fingerprint density at radius 2 is 1.73 bits per heavy atom. The van der Waals surface area contributed by atoms with Gasteiger partial charge >= 0.3 is 6.03 Å². The van der Waals surface area contributed by atoms with Crippen LogP contribution in [0.3, 0.4) is 0 Å². The fourth-order valence-corrected chi connectivity index (χ4v) is 3.44. The normalized spacial score (nSPS) is 14.5. The van der Waals surface area contributed by atoms with Crippen LogP contribution in [0.1, 0.15) is 0 Å². The van der Waals surface area contributed by atoms with Gasteiger partial charge in [-0.05, 0) is 35.0 Å². The van der Waals surface area contributed by atoms with Crippen molar-refractivity contribution in [3.8, 4) is 0 Å². The molecule has 132 valence electrons. The van der Waals surface area contributed by atoms with Gasteiger partial charge in [-0.15, -0.1) is 0 Å². The van der Waals surface area contributed by atoms with Crippen LogP contribution >= 0.6 is 11.6 Å². The second kappa shape index (κ2) is 7.22. The van der Waals surface area contributed by atoms with E-state index in [2.05, 4.69) is 21.3 Å². The van der Waals surface area contributed by atoms with Crippen LogP contribution in [-0.4, -0.2) is 42.1 Å². The maximum absolute atomic E-state index is 12.6. The third-order valence-electron chi connectivity index (χ3n) is 4.61. The molecular weight excluding hydrogens is 348 g/mol. The summed E-state index contributed by atoms with van der Waals surface area (Å²) in [6.07, 6.45) is 1.74. The molecule has 5 nitrogen and oxygen atoms in total. The SMILES string of the molecule is O=C(Nc1ccc2ccccc2c1)N1CCN(c2ncccc2Cl)CC1. The summed E-state index contributed by atoms with van der Waals surface area (Å²) in [7, 11) is 0. The Morgan fingerprint density at radius 3 is 2.50 bits per heavy atom. The largest absolute Gasteiger partial charge is 0.352 e. The Hall–Kier alpha value is -2.79. The van der Waals surface area contributed by atoms with E-state index >= 15 is 0 Å². The summed E-state index contributed by atoms with van der Waals surface area (Å²) >= 11 is 6.21. The average Bonchev–Trinajstić information content (AvgIpc) is 2.68. The molecule has 2 heterocycles. The van der Waals surface area contributed by atoms with Crippen molar-refractivity contribution in [2.45, 2.75) is 0 Å². The Balaban J connectivity index is 1.39. The van der Waals surface area contributed by atoms with Gasteiger partial charge in [0.05, 0.1) is 5.02 Å². The van der Waals surface area contributed by atoms with E-state index in [0.717, 1.165) is 22.3 Å². The molecule has 0 saturated carbocycles. The zero-order valence-electron chi connectivity index (χ0n) is 14.2. The summed E-state index contributed by atoms with van der Waals surface area (Å²) in [5.74, 6) is 0.781. The van der Waals surface area contributed by atoms with Crippen LogP contribution in [0.4, 0.5) is 16.3 Å². The van der Waals surface area contributed by atoms with E-state index < -0.39 is 0 Å². The lowest BCUT2D eigenvalue weighted by Gasteiger charge is -2.35. The molecule has 0 spiro atoms. The summed E-state index contributed by atoms with van der Waals surface area (Å²) in [5.41, 5.74) is 0.809. The van der Waals surface area contributed by atoms with Crippen LogP contribution in [0.2, 0.25) is 5.02 Å². The molecule has 26 heavy (non-hydrogen) atoms. The maximum atomic E-state index is 12.6. The minimum Gasteiger partial charge on any atom is -0.352 e. The van der Waals surface area contributed by atoms with Crippen molar-refractivity contribution >= 4 is 39.9 Å². The zero-order valence-corrected chi connectivity index (χ0v) is 15.0. The smallest absolute Gasteiger partial charge is 0.321 e. The number of amides is 2. The number of rotatable bonds is 2. The van der Waals surface area contributed by atoms with Gasteiger partial charge in [-0.1, -0.05) is 41.9 Å². The molecule has 0 radical (unpaired) electrons. The molecule has 4 rings (SSSR count). The highest BCUT2D eigenvalue weighted by atomic mass is 35.5. The Morgan fingerprint density at radius 1 is 0.962 bits per heavy atom. The number of nitrogens with zero attached hydrogens (tertiary/aromatic N) is 3. The maximum Gasteiger partial charge on any atom is 0.321 e. The van der Waals surface area contributed by atoms with Gasteiger partial charge < -0.3 is 15.1 Å². The lowest BCUT2D eigenvalue weighted by molar-refractivity contribution is 0.208. The van der Waals surface area contributed by atoms with Crippen molar-refractivity contribution < 1.29 is 4.79 Å². The molecule has 1 fully saturated rings. The predicted molar refractivity (Wildman–Crippen MR) is 106 cm³/mol. The highest BCUT2D eigenvalue weighted by Crippen LogP contribution is 2.24. The summed E-state index contributed by atoms with van der Waals surface area (Å²) in [4.78, 5) is 20.8. The van der Waals surface area contributed by atoms with E-state index in [9.17, 15) is 4.79 Å². The van der Waals surface area contributed by atoms with Crippen LogP contribution in [0.25, 0.3) is 10.8 Å². The van der Waals surface area contributed by atoms with Crippen LogP contribution in [-0.2, 0) is 0 Å². The Kier molecular flexibility index (Phi) is 4.63. The first-order valence-electron chi connectivity index (χ1n) is 8.61. The summed E-state index contributed by atoms with van der Waals surface area (Å²) in [6, 6.07) is 17.6. The summed E-state index contributed by atoms with van der Waals surface area (Å²) < 4.78 is 0. The zero-order chi connectivity index (χ0) is 17.9. The predicted octanol–water partition coefficient (Wildman–Crippen LogP) is 4.24. The number of hydrogen-bond donors (Lipinski definition) is 1. The minimum absolute atomic E-state index is 0.0768. The fraction of sp³-hybridized carbons (Fsp3) is 0.200. The molecular formula is C20H19ClN4O. The molecule has 0 atom stereocenters. The lowest BCUT2D eigenvalue weighted by atomic mass is 10.1. The number of benzene rings is 2. The number of pyridine rings is 1. The van der Waals surface area contributed by atoms with Crippen LogP contribution < -0.4 is 10.2 Å². The third-order valence-corrected chi connectivity index (χ3v) is 4.90. The number of urea groups is 1. The van der Waals surface area contributed by atoms with E-state index in [1.54, 1.807) is 6.20 Å². The van der Waals surface area contributed by atoms with Gasteiger partial charge in [-0.3, -0.25) is 0 Å². The number of fused-ring (bicyclic) bond motifs is 1. The topological polar surface area (TPSA) is 48.5 Å². The molecule has 3 aromatic rings. The monoisotopic (exact) mass is 366 g/mol. The van der Waals surface area contributed by atoms with E-state index in [1.165, 1.54) is 0 Å². The standard InChI is InChI=1S/C20H19ClN4O/c21-18-6-3-9-22-19(18)24-10-12-25(13-11-24)20(26)23-17-8-7-15-4-1-2-5-16(15)14-17/h1-9,14H,10-13H2,(H,23,26). The average molecular weight is 367 g/mol. The van der Waals surface area contributed by atoms with E-state index in [-0.39, 0.29) is 6.03 Å². The number of hydrogen-bond acceptors (Lipinski definition) is 3. The van der Waals surface area contributed by atoms with Crippen molar-refractivity contribution in [2.24, 2.45) is 0 Å². The number of carbonyl (C=O) groups excluding carboxylic acids is 1. The summed E-state index contributed by atoms with van der Waals surface area (Å²) in [6.45, 7) is 2.68. The highest BCUT2D eigenvalue weighted by Gasteiger charge is 2.23. The van der Waals surface area contributed by atoms with Crippen molar-refractivity contribution in [1.29, 1.82) is 0 Å². The molecule has 1 saturated heterocycles. The molecule has 1 aliphatic heterocycles. The lowest BCUT2D eigenvalue weighted by Crippen LogP contribution is -2.50. The van der Waals surface area contributed by atoms with Crippen molar-refractivity contribution in [2.75, 3.05) is 36.4 Å². The van der Waals surface area contributed by atoms with Gasteiger partial charge in [0.25, 0.3) is 0 Å². The highest BCUT2D eigenvalue weighted by molar-refractivity contribution is 6.32. The second-order valence-electron chi connectivity index (χ2n) is 6.28. The first kappa shape index (κ1) is 16.7. The molecule has 2 amide bonds. The third kappa shape index (κ3) is 3.44. The van der Waals surface area contributed by atoms with E-state index in [0.29, 0.717) is 31.2 Å². The van der Waals surface area contributed by atoms with E-state index in [4.69, 9.17) is 11.6 Å². The first-order valence-corrected chi connectivity index (χ1v) is 8.99. The second-order valence-corrected chi connectivity index (χ2v) is 6.68. The van der Waals surface area contributed by atoms with Crippen molar-refractivity contribution in [3.05, 3.63) is 65.8 Å². The molecule has 1 aromatic heterocycles. The summed E-state index contributed by atoms with van der Waals surface area (Å²) in [5, 5.41) is 5.91. The minimum atomic E-state index is -0.0768.